The maximum Gasteiger partial charge on any atom is 0.240 e. The molecule has 2 rings (SSSR count). The molecule has 96 valence electrons. The molecule has 1 heterocycles. The molecule has 0 amide bonds. The van der Waals surface area contributed by atoms with Crippen molar-refractivity contribution in [3.8, 4) is 0 Å². The van der Waals surface area contributed by atoms with E-state index in [-0.39, 0.29) is 6.54 Å². The Kier molecular flexibility index (Phi) is 4.46. The third kappa shape index (κ3) is 3.63. The molecule has 0 spiro atoms. The zero-order chi connectivity index (χ0) is 13.0. The lowest BCUT2D eigenvalue weighted by molar-refractivity contribution is 0.299. The molecule has 0 radical (unpaired) electrons. The van der Waals surface area contributed by atoms with Gasteiger partial charge in [-0.05, 0) is 24.7 Å². The predicted molar refractivity (Wildman–Crippen MR) is 71.5 cm³/mol. The minimum Gasteiger partial charge on any atom is -0.338 e. The van der Waals surface area contributed by atoms with E-state index in [0.717, 1.165) is 11.0 Å². The van der Waals surface area contributed by atoms with Crippen LogP contribution in [0.15, 0.2) is 33.3 Å². The number of hydrogen-bond acceptors (Lipinski definition) is 5. The van der Waals surface area contributed by atoms with E-state index in [1.54, 1.807) is 0 Å². The number of nitrogens with two attached hydrogens (primary N) is 1. The number of aromatic nitrogens is 2. The molecule has 18 heavy (non-hydrogen) atoms. The van der Waals surface area contributed by atoms with Gasteiger partial charge in [0.05, 0.1) is 13.1 Å². The fraction of sp³-hybridized carbons (Fsp3) is 0.333. The van der Waals surface area contributed by atoms with Crippen LogP contribution in [0.4, 0.5) is 0 Å². The predicted octanol–water partition coefficient (Wildman–Crippen LogP) is 1.92. The van der Waals surface area contributed by atoms with Gasteiger partial charge in [0.2, 0.25) is 5.89 Å². The molecule has 6 heteroatoms. The van der Waals surface area contributed by atoms with Crippen LogP contribution in [0.3, 0.4) is 0 Å². The van der Waals surface area contributed by atoms with Crippen LogP contribution in [0.2, 0.25) is 0 Å². The first-order chi connectivity index (χ1) is 8.67. The Morgan fingerprint density at radius 1 is 1.39 bits per heavy atom. The first kappa shape index (κ1) is 13.2. The van der Waals surface area contributed by atoms with Crippen molar-refractivity contribution in [1.29, 1.82) is 0 Å². The Hall–Kier alpha value is -1.24. The van der Waals surface area contributed by atoms with E-state index in [4.69, 9.17) is 10.3 Å². The highest BCUT2D eigenvalue weighted by atomic mass is 79.9. The molecule has 5 nitrogen and oxygen atoms in total. The van der Waals surface area contributed by atoms with Crippen LogP contribution in [0.25, 0.3) is 0 Å². The summed E-state index contributed by atoms with van der Waals surface area (Å²) in [6.07, 6.45) is 0. The summed E-state index contributed by atoms with van der Waals surface area (Å²) in [6, 6.07) is 8.21. The normalized spacial score (nSPS) is 11.1. The van der Waals surface area contributed by atoms with E-state index >= 15 is 0 Å². The molecule has 0 bridgehead atoms. The van der Waals surface area contributed by atoms with Gasteiger partial charge >= 0.3 is 0 Å². The Morgan fingerprint density at radius 2 is 2.22 bits per heavy atom. The summed E-state index contributed by atoms with van der Waals surface area (Å²) in [6.45, 7) is 1.74. The van der Waals surface area contributed by atoms with E-state index in [1.807, 2.05) is 19.2 Å². The van der Waals surface area contributed by atoms with Crippen molar-refractivity contribution < 1.29 is 4.52 Å². The van der Waals surface area contributed by atoms with E-state index in [2.05, 4.69) is 43.1 Å². The van der Waals surface area contributed by atoms with E-state index in [0.29, 0.717) is 18.3 Å². The van der Waals surface area contributed by atoms with Gasteiger partial charge in [-0.2, -0.15) is 4.98 Å². The van der Waals surface area contributed by atoms with Crippen molar-refractivity contribution in [2.45, 2.75) is 19.6 Å². The third-order valence-corrected chi connectivity index (χ3v) is 2.93. The molecule has 1 aromatic carbocycles. The second-order valence-corrected chi connectivity index (χ2v) is 5.03. The van der Waals surface area contributed by atoms with Gasteiger partial charge in [-0.3, -0.25) is 4.90 Å². The summed E-state index contributed by atoms with van der Waals surface area (Å²) >= 11 is 3.46. The van der Waals surface area contributed by atoms with E-state index < -0.39 is 0 Å². The molecule has 1 aromatic heterocycles. The first-order valence-electron chi connectivity index (χ1n) is 5.62. The minimum absolute atomic E-state index is 0.280. The summed E-state index contributed by atoms with van der Waals surface area (Å²) < 4.78 is 6.05. The van der Waals surface area contributed by atoms with Crippen LogP contribution in [-0.2, 0) is 19.6 Å². The highest BCUT2D eigenvalue weighted by Gasteiger charge is 2.08. The largest absolute Gasteiger partial charge is 0.338 e. The molecule has 0 saturated carbocycles. The summed E-state index contributed by atoms with van der Waals surface area (Å²) in [7, 11) is 2.01. The molecular formula is C12H15BrN4O. The van der Waals surface area contributed by atoms with Gasteiger partial charge < -0.3 is 10.3 Å². The van der Waals surface area contributed by atoms with E-state index in [1.165, 1.54) is 5.56 Å². The third-order valence-electron chi connectivity index (χ3n) is 2.44. The van der Waals surface area contributed by atoms with Gasteiger partial charge in [0.25, 0.3) is 0 Å². The molecule has 0 fully saturated rings. The maximum atomic E-state index is 5.42. The van der Waals surface area contributed by atoms with Crippen molar-refractivity contribution in [3.63, 3.8) is 0 Å². The van der Waals surface area contributed by atoms with Gasteiger partial charge in [-0.25, -0.2) is 0 Å². The molecule has 0 aliphatic carbocycles. The van der Waals surface area contributed by atoms with Crippen LogP contribution in [-0.4, -0.2) is 22.1 Å². The fourth-order valence-electron chi connectivity index (χ4n) is 1.68. The second-order valence-electron chi connectivity index (χ2n) is 4.11. The van der Waals surface area contributed by atoms with Crippen molar-refractivity contribution in [2.24, 2.45) is 5.73 Å². The summed E-state index contributed by atoms with van der Waals surface area (Å²) in [5.74, 6) is 1.13. The smallest absolute Gasteiger partial charge is 0.240 e. The van der Waals surface area contributed by atoms with Crippen molar-refractivity contribution in [1.82, 2.24) is 15.0 Å². The highest BCUT2D eigenvalue weighted by Crippen LogP contribution is 2.13. The summed E-state index contributed by atoms with van der Waals surface area (Å²) in [4.78, 5) is 6.29. The fourth-order valence-corrected chi connectivity index (χ4v) is 2.13. The number of nitrogens with zero attached hydrogens (tertiary/aromatic N) is 3. The molecule has 0 saturated heterocycles. The van der Waals surface area contributed by atoms with Crippen molar-refractivity contribution in [2.75, 3.05) is 7.05 Å². The molecular weight excluding hydrogens is 296 g/mol. The number of rotatable bonds is 5. The van der Waals surface area contributed by atoms with Gasteiger partial charge in [-0.1, -0.05) is 33.2 Å². The number of benzene rings is 1. The van der Waals surface area contributed by atoms with Crippen LogP contribution in [0.1, 0.15) is 17.3 Å². The highest BCUT2D eigenvalue weighted by molar-refractivity contribution is 9.10. The molecule has 2 aromatic rings. The van der Waals surface area contributed by atoms with Crippen LogP contribution >= 0.6 is 15.9 Å². The number of halogens is 1. The van der Waals surface area contributed by atoms with Crippen molar-refractivity contribution >= 4 is 15.9 Å². The lowest BCUT2D eigenvalue weighted by atomic mass is 10.2. The van der Waals surface area contributed by atoms with Crippen molar-refractivity contribution in [3.05, 3.63) is 46.0 Å². The van der Waals surface area contributed by atoms with Gasteiger partial charge in [0.15, 0.2) is 5.82 Å². The Morgan fingerprint density at radius 3 is 2.89 bits per heavy atom. The van der Waals surface area contributed by atoms with Crippen LogP contribution in [0, 0.1) is 0 Å². The summed E-state index contributed by atoms with van der Waals surface area (Å²) in [5, 5.41) is 3.87. The minimum atomic E-state index is 0.280. The van der Waals surface area contributed by atoms with Crippen LogP contribution < -0.4 is 5.73 Å². The van der Waals surface area contributed by atoms with Gasteiger partial charge in [-0.15, -0.1) is 0 Å². The zero-order valence-corrected chi connectivity index (χ0v) is 11.7. The molecule has 0 unspecified atom stereocenters. The van der Waals surface area contributed by atoms with E-state index in [9.17, 15) is 0 Å². The second kappa shape index (κ2) is 6.08. The monoisotopic (exact) mass is 310 g/mol. The average molecular weight is 311 g/mol. The Labute approximate surface area is 114 Å². The SMILES string of the molecule is CN(Cc1cccc(Br)c1)Cc1noc(CN)n1. The molecule has 0 atom stereocenters. The standard InChI is InChI=1S/C12H15BrN4O/c1-17(7-9-3-2-4-10(13)5-9)8-11-15-12(6-14)18-16-11/h2-5H,6-8,14H2,1H3. The van der Waals surface area contributed by atoms with Gasteiger partial charge in [0.1, 0.15) is 0 Å². The topological polar surface area (TPSA) is 68.2 Å². The summed E-state index contributed by atoms with van der Waals surface area (Å²) in [5.41, 5.74) is 6.65. The molecule has 0 aliphatic rings. The van der Waals surface area contributed by atoms with Crippen LogP contribution in [0.5, 0.6) is 0 Å². The Balaban J connectivity index is 1.94. The maximum absolute atomic E-state index is 5.42. The molecule has 0 aliphatic heterocycles. The quantitative estimate of drug-likeness (QED) is 0.914. The lowest BCUT2D eigenvalue weighted by Gasteiger charge is -2.14. The number of hydrogen-bond donors (Lipinski definition) is 1. The van der Waals surface area contributed by atoms with Gasteiger partial charge in [0, 0.05) is 11.0 Å². The Bertz CT molecular complexity index is 514. The lowest BCUT2D eigenvalue weighted by Crippen LogP contribution is -2.18. The average Bonchev–Trinajstić information content (AvgIpc) is 2.76. The zero-order valence-electron chi connectivity index (χ0n) is 10.1. The molecule has 2 N–H and O–H groups in total. The first-order valence-corrected chi connectivity index (χ1v) is 6.41.